The van der Waals surface area contributed by atoms with Gasteiger partial charge in [-0.2, -0.15) is 0 Å². The van der Waals surface area contributed by atoms with Crippen molar-refractivity contribution < 1.29 is 16.7 Å². The smallest absolute Gasteiger partial charge is 1.00 e. The van der Waals surface area contributed by atoms with E-state index in [9.17, 15) is 13.9 Å². The van der Waals surface area contributed by atoms with Crippen molar-refractivity contribution in [3.63, 3.8) is 0 Å². The Morgan fingerprint density at radius 2 is 0.960 bits per heavy atom. The van der Waals surface area contributed by atoms with Gasteiger partial charge in [-0.15, -0.1) is 12.4 Å². The van der Waals surface area contributed by atoms with Crippen molar-refractivity contribution in [2.45, 2.75) is 5.60 Å². The molecule has 0 aromatic heterocycles. The molecule has 25 heavy (non-hydrogen) atoms. The Morgan fingerprint density at radius 1 is 0.640 bits per heavy atom. The van der Waals surface area contributed by atoms with Crippen LogP contribution in [-0.2, 0) is 5.60 Å². The predicted molar refractivity (Wildman–Crippen MR) is 107 cm³/mol. The summed E-state index contributed by atoms with van der Waals surface area (Å²) in [6.07, 6.45) is 0. The Balaban J connectivity index is -0.00000115. The quantitative estimate of drug-likeness (QED) is 0.539. The van der Waals surface area contributed by atoms with Crippen LogP contribution in [0.5, 0.6) is 0 Å². The summed E-state index contributed by atoms with van der Waals surface area (Å²) in [6, 6.07) is 20.4. The summed E-state index contributed by atoms with van der Waals surface area (Å²) in [5.41, 5.74) is 0.203. The minimum atomic E-state index is -1.47. The van der Waals surface area contributed by atoms with Crippen molar-refractivity contribution in [3.8, 4) is 0 Å². The maximum atomic E-state index is 13.2. The van der Waals surface area contributed by atoms with E-state index in [0.29, 0.717) is 16.7 Å². The summed E-state index contributed by atoms with van der Waals surface area (Å²) in [5.74, 6) is -0.753. The average Bonchev–Trinajstić information content (AvgIpc) is 2.56. The van der Waals surface area contributed by atoms with Crippen molar-refractivity contribution >= 4 is 52.8 Å². The molecule has 0 fully saturated rings. The van der Waals surface area contributed by atoms with Gasteiger partial charge in [-0.3, -0.25) is 0 Å². The van der Waals surface area contributed by atoms with E-state index < -0.39 is 5.60 Å². The third-order valence-corrected chi connectivity index (χ3v) is 3.72. The van der Waals surface area contributed by atoms with Crippen LogP contribution in [0.1, 0.15) is 19.5 Å². The fraction of sp³-hybridized carbons (Fsp3) is 0.0526. The van der Waals surface area contributed by atoms with Gasteiger partial charge in [0, 0.05) is 0 Å². The van der Waals surface area contributed by atoms with E-state index in [1.807, 2.05) is 18.2 Å². The van der Waals surface area contributed by atoms with Crippen molar-refractivity contribution in [2.75, 3.05) is 0 Å². The molecule has 0 atom stereocenters. The molecule has 0 aliphatic rings. The summed E-state index contributed by atoms with van der Waals surface area (Å²) in [7, 11) is 0. The molecule has 0 heterocycles. The first kappa shape index (κ1) is 24.1. The molecule has 6 heteroatoms. The fourth-order valence-corrected chi connectivity index (χ4v) is 2.56. The van der Waals surface area contributed by atoms with Crippen molar-refractivity contribution in [1.29, 1.82) is 0 Å². The van der Waals surface area contributed by atoms with Crippen LogP contribution in [0, 0.1) is 11.6 Å². The summed E-state index contributed by atoms with van der Waals surface area (Å²) in [6.45, 7) is 0. The van der Waals surface area contributed by atoms with Gasteiger partial charge in [-0.25, -0.2) is 8.78 Å². The zero-order chi connectivity index (χ0) is 15.6. The largest absolute Gasteiger partial charge is 2.00 e. The van der Waals surface area contributed by atoms with Gasteiger partial charge in [0.05, 0.1) is 0 Å². The summed E-state index contributed by atoms with van der Waals surface area (Å²) < 4.78 is 26.4. The fourth-order valence-electron chi connectivity index (χ4n) is 2.56. The van der Waals surface area contributed by atoms with E-state index in [0.717, 1.165) is 0 Å². The maximum Gasteiger partial charge on any atom is 2.00 e. The zero-order valence-corrected chi connectivity index (χ0v) is 15.1. The van der Waals surface area contributed by atoms with Crippen molar-refractivity contribution in [1.82, 2.24) is 0 Å². The Kier molecular flexibility index (Phi) is 9.89. The molecule has 3 aromatic rings. The second-order valence-corrected chi connectivity index (χ2v) is 5.09. The van der Waals surface area contributed by atoms with Crippen LogP contribution in [0.25, 0.3) is 0 Å². The van der Waals surface area contributed by atoms with Gasteiger partial charge >= 0.3 is 23.1 Å². The van der Waals surface area contributed by atoms with E-state index in [-0.39, 0.29) is 67.3 Å². The Hall–Kier alpha value is -0.931. The molecule has 1 N–H and O–H groups in total. The summed E-state index contributed by atoms with van der Waals surface area (Å²) in [5, 5.41) is 11.4. The number of aliphatic hydroxyl groups is 1. The second-order valence-electron chi connectivity index (χ2n) is 5.09. The number of benzene rings is 3. The van der Waals surface area contributed by atoms with E-state index in [1.165, 1.54) is 48.5 Å². The van der Waals surface area contributed by atoms with Crippen LogP contribution in [0.4, 0.5) is 8.78 Å². The molecule has 1 nitrogen and oxygen atoms in total. The van der Waals surface area contributed by atoms with Crippen LogP contribution >= 0.6 is 12.4 Å². The Labute approximate surface area is 181 Å². The summed E-state index contributed by atoms with van der Waals surface area (Å²) >= 11 is 0. The minimum Gasteiger partial charge on any atom is -1.00 e. The molecular weight excluding hydrogens is 369 g/mol. The first-order valence-electron chi connectivity index (χ1n) is 6.90. The standard InChI is InChI=1S/C19H14F2O.Al.ClH.Mg.5H/c20-17-10-6-15(7-11-17)19(22,14-4-2-1-3-5-14)16-8-12-18(21)13-9-16;;;;;;;;/h1-13,22H;;1H;;;;;;/q;;;+2;;;;2*-1. The molecule has 0 radical (unpaired) electrons. The van der Waals surface area contributed by atoms with Gasteiger partial charge in [-0.1, -0.05) is 54.6 Å². The molecule has 3 aromatic carbocycles. The van der Waals surface area contributed by atoms with Crippen LogP contribution in [0.2, 0.25) is 0 Å². The van der Waals surface area contributed by atoms with Crippen LogP contribution in [0.15, 0.2) is 78.9 Å². The molecule has 0 aliphatic carbocycles. The van der Waals surface area contributed by atoms with Crippen LogP contribution in [0.3, 0.4) is 0 Å². The predicted octanol–water partition coefficient (Wildman–Crippen LogP) is 3.33. The Morgan fingerprint density at radius 3 is 1.32 bits per heavy atom. The number of hydrogen-bond acceptors (Lipinski definition) is 1. The van der Waals surface area contributed by atoms with Crippen molar-refractivity contribution in [2.24, 2.45) is 0 Å². The van der Waals surface area contributed by atoms with Gasteiger partial charge in [0.15, 0.2) is 17.4 Å². The number of halogens is 3. The van der Waals surface area contributed by atoms with E-state index in [4.69, 9.17) is 0 Å². The topological polar surface area (TPSA) is 20.2 Å². The first-order valence-corrected chi connectivity index (χ1v) is 6.90. The van der Waals surface area contributed by atoms with Gasteiger partial charge in [0.25, 0.3) is 0 Å². The minimum absolute atomic E-state index is 0. The maximum absolute atomic E-state index is 13.2. The zero-order valence-electron chi connectivity index (χ0n) is 14.8. The Bertz CT molecular complexity index is 732. The number of rotatable bonds is 3. The van der Waals surface area contributed by atoms with Gasteiger partial charge in [0.1, 0.15) is 17.2 Å². The SMILES string of the molecule is Cl.OC(c1ccccc1)(c1ccc(F)cc1)c1ccc(F)cc1.[AlH3].[H-].[H-].[Mg+2]. The molecule has 0 unspecified atom stereocenters. The third kappa shape index (κ3) is 5.04. The average molecular weight is 389 g/mol. The molecule has 3 rings (SSSR count). The molecule has 128 valence electrons. The van der Waals surface area contributed by atoms with E-state index in [1.54, 1.807) is 12.1 Å². The van der Waals surface area contributed by atoms with Crippen LogP contribution in [-0.4, -0.2) is 45.5 Å². The molecule has 0 aliphatic heterocycles. The van der Waals surface area contributed by atoms with E-state index in [2.05, 4.69) is 0 Å². The monoisotopic (exact) mass is 388 g/mol. The normalized spacial score (nSPS) is 10.0. The van der Waals surface area contributed by atoms with Gasteiger partial charge in [0.2, 0.25) is 0 Å². The van der Waals surface area contributed by atoms with Gasteiger partial charge in [-0.05, 0) is 41.0 Å². The van der Waals surface area contributed by atoms with Gasteiger partial charge < -0.3 is 7.96 Å². The van der Waals surface area contributed by atoms with Crippen LogP contribution < -0.4 is 0 Å². The number of hydrogen-bond donors (Lipinski definition) is 1. The molecule has 0 bridgehead atoms. The molecule has 0 saturated heterocycles. The van der Waals surface area contributed by atoms with Crippen molar-refractivity contribution in [3.05, 3.63) is 107 Å². The third-order valence-electron chi connectivity index (χ3n) is 3.72. The molecule has 0 saturated carbocycles. The summed E-state index contributed by atoms with van der Waals surface area (Å²) in [4.78, 5) is 0. The van der Waals surface area contributed by atoms with E-state index >= 15 is 0 Å². The second kappa shape index (κ2) is 10.3. The first-order chi connectivity index (χ1) is 10.6. The molecular formula is C19H20AlClF2MgO. The molecule has 0 amide bonds. The molecule has 0 spiro atoms.